The molecule has 2 aromatic rings. The average Bonchev–Trinajstić information content (AvgIpc) is 2.68. The summed E-state index contributed by atoms with van der Waals surface area (Å²) in [5.74, 6) is 0.797. The maximum absolute atomic E-state index is 6.34. The molecule has 98 valence electrons. The van der Waals surface area contributed by atoms with E-state index < -0.39 is 8.32 Å². The van der Waals surface area contributed by atoms with Gasteiger partial charge >= 0.3 is 0 Å². The summed E-state index contributed by atoms with van der Waals surface area (Å²) in [5.41, 5.74) is 0.993. The predicted octanol–water partition coefficient (Wildman–Crippen LogP) is 5.21. The topological polar surface area (TPSA) is 25.0 Å². The zero-order valence-corrected chi connectivity index (χ0v) is 13.4. The van der Waals surface area contributed by atoms with Crippen LogP contribution < -0.4 is 4.43 Å². The molecule has 1 aromatic carbocycles. The van der Waals surface area contributed by atoms with E-state index >= 15 is 0 Å². The quantitative estimate of drug-likeness (QED) is 0.752. The lowest BCUT2D eigenvalue weighted by Crippen LogP contribution is -2.44. The van der Waals surface area contributed by atoms with Gasteiger partial charge in [-0.15, -0.1) is 0 Å². The minimum absolute atomic E-state index is 0.158. The molecule has 2 nitrogen and oxygen atoms in total. The number of hydrogen-bond acceptors (Lipinski definition) is 1. The highest BCUT2D eigenvalue weighted by atomic mass is 35.5. The Morgan fingerprint density at radius 3 is 2.44 bits per heavy atom. The van der Waals surface area contributed by atoms with Crippen LogP contribution >= 0.6 is 11.6 Å². The first-order valence-corrected chi connectivity index (χ1v) is 9.45. The minimum atomic E-state index is -1.87. The van der Waals surface area contributed by atoms with Gasteiger partial charge in [-0.05, 0) is 30.3 Å². The molecule has 18 heavy (non-hydrogen) atoms. The standard InChI is InChI=1S/C14H20ClNOSi/c1-14(2,3)18(4,5)17-13-11(15)7-6-10-8-9-16-12(10)13/h6-9,16H,1-5H3. The third-order valence-corrected chi connectivity index (χ3v) is 8.42. The van der Waals surface area contributed by atoms with Crippen LogP contribution in [0.25, 0.3) is 10.9 Å². The van der Waals surface area contributed by atoms with Gasteiger partial charge < -0.3 is 9.41 Å². The number of nitrogens with one attached hydrogen (secondary N) is 1. The van der Waals surface area contributed by atoms with Crippen LogP contribution in [0.1, 0.15) is 20.8 Å². The van der Waals surface area contributed by atoms with Crippen molar-refractivity contribution in [3.8, 4) is 5.75 Å². The van der Waals surface area contributed by atoms with Gasteiger partial charge in [0.1, 0.15) is 5.75 Å². The molecule has 0 spiro atoms. The van der Waals surface area contributed by atoms with Crippen molar-refractivity contribution in [3.05, 3.63) is 29.4 Å². The van der Waals surface area contributed by atoms with Crippen LogP contribution in [-0.4, -0.2) is 13.3 Å². The van der Waals surface area contributed by atoms with Gasteiger partial charge in [0, 0.05) is 11.6 Å². The van der Waals surface area contributed by atoms with Gasteiger partial charge in [0.25, 0.3) is 8.32 Å². The van der Waals surface area contributed by atoms with Gasteiger partial charge in [-0.3, -0.25) is 0 Å². The molecule has 1 heterocycles. The van der Waals surface area contributed by atoms with E-state index in [4.69, 9.17) is 16.0 Å². The van der Waals surface area contributed by atoms with Gasteiger partial charge in [0.2, 0.25) is 0 Å². The van der Waals surface area contributed by atoms with Crippen molar-refractivity contribution in [2.75, 3.05) is 0 Å². The highest BCUT2D eigenvalue weighted by molar-refractivity contribution is 6.75. The Hall–Kier alpha value is -0.933. The van der Waals surface area contributed by atoms with E-state index in [-0.39, 0.29) is 5.04 Å². The van der Waals surface area contributed by atoms with Crippen LogP contribution in [0.3, 0.4) is 0 Å². The molecule has 0 saturated heterocycles. The molecule has 0 fully saturated rings. The Morgan fingerprint density at radius 2 is 1.83 bits per heavy atom. The Morgan fingerprint density at radius 1 is 1.17 bits per heavy atom. The van der Waals surface area contributed by atoms with Gasteiger partial charge in [-0.2, -0.15) is 0 Å². The first kappa shape index (κ1) is 13.5. The van der Waals surface area contributed by atoms with Gasteiger partial charge in [-0.1, -0.05) is 38.4 Å². The number of fused-ring (bicyclic) bond motifs is 1. The van der Waals surface area contributed by atoms with E-state index in [2.05, 4.69) is 38.8 Å². The highest BCUT2D eigenvalue weighted by Crippen LogP contribution is 2.41. The van der Waals surface area contributed by atoms with E-state index in [1.807, 2.05) is 24.4 Å². The van der Waals surface area contributed by atoms with Crippen LogP contribution in [0.4, 0.5) is 0 Å². The second-order valence-electron chi connectivity index (χ2n) is 6.18. The predicted molar refractivity (Wildman–Crippen MR) is 81.1 cm³/mol. The normalized spacial score (nSPS) is 13.0. The summed E-state index contributed by atoms with van der Waals surface area (Å²) in [6.07, 6.45) is 1.92. The maximum Gasteiger partial charge on any atom is 0.250 e. The number of rotatable bonds is 2. The summed E-state index contributed by atoms with van der Waals surface area (Å²) >= 11 is 6.29. The first-order valence-electron chi connectivity index (χ1n) is 6.17. The van der Waals surface area contributed by atoms with E-state index in [0.29, 0.717) is 5.02 Å². The zero-order chi connectivity index (χ0) is 13.6. The number of benzene rings is 1. The minimum Gasteiger partial charge on any atom is -0.541 e. The van der Waals surface area contributed by atoms with E-state index in [9.17, 15) is 0 Å². The van der Waals surface area contributed by atoms with Crippen molar-refractivity contribution in [2.45, 2.75) is 38.9 Å². The Labute approximate surface area is 114 Å². The molecule has 2 rings (SSSR count). The third-order valence-electron chi connectivity index (χ3n) is 3.80. The fourth-order valence-corrected chi connectivity index (χ4v) is 2.87. The van der Waals surface area contributed by atoms with E-state index in [1.54, 1.807) is 0 Å². The van der Waals surface area contributed by atoms with Crippen LogP contribution in [0.15, 0.2) is 24.4 Å². The summed E-state index contributed by atoms with van der Waals surface area (Å²) in [7, 11) is -1.87. The zero-order valence-electron chi connectivity index (χ0n) is 11.6. The third kappa shape index (κ3) is 2.29. The van der Waals surface area contributed by atoms with Gasteiger partial charge in [0.15, 0.2) is 0 Å². The fourth-order valence-electron chi connectivity index (χ4n) is 1.58. The Kier molecular flexibility index (Phi) is 3.24. The summed E-state index contributed by atoms with van der Waals surface area (Å²) in [6, 6.07) is 5.94. The number of aromatic nitrogens is 1. The molecule has 1 N–H and O–H groups in total. The number of H-pyrrole nitrogens is 1. The maximum atomic E-state index is 6.34. The van der Waals surface area contributed by atoms with Crippen molar-refractivity contribution in [1.82, 2.24) is 4.98 Å². The largest absolute Gasteiger partial charge is 0.541 e. The number of hydrogen-bond donors (Lipinski definition) is 1. The summed E-state index contributed by atoms with van der Waals surface area (Å²) in [5, 5.41) is 1.97. The SMILES string of the molecule is CC(C)(C)[Si](C)(C)Oc1c(Cl)ccc2cc[nH]c12. The monoisotopic (exact) mass is 281 g/mol. The molecule has 0 radical (unpaired) electrons. The van der Waals surface area contributed by atoms with Crippen molar-refractivity contribution in [2.24, 2.45) is 0 Å². The first-order chi connectivity index (χ1) is 8.22. The van der Waals surface area contributed by atoms with Crippen LogP contribution in [0, 0.1) is 0 Å². The van der Waals surface area contributed by atoms with Crippen LogP contribution in [0.2, 0.25) is 23.2 Å². The molecule has 0 bridgehead atoms. The van der Waals surface area contributed by atoms with E-state index in [0.717, 1.165) is 16.7 Å². The summed E-state index contributed by atoms with van der Waals surface area (Å²) < 4.78 is 6.34. The smallest absolute Gasteiger partial charge is 0.250 e. The molecular weight excluding hydrogens is 262 g/mol. The van der Waals surface area contributed by atoms with Crippen molar-refractivity contribution in [3.63, 3.8) is 0 Å². The number of halogens is 1. The molecule has 4 heteroatoms. The molecule has 0 amide bonds. The summed E-state index contributed by atoms with van der Waals surface area (Å²) in [4.78, 5) is 3.22. The number of aromatic amines is 1. The Bertz CT molecular complexity index is 569. The molecule has 0 aliphatic carbocycles. The van der Waals surface area contributed by atoms with Crippen molar-refractivity contribution in [1.29, 1.82) is 0 Å². The Balaban J connectivity index is 2.49. The average molecular weight is 282 g/mol. The second-order valence-corrected chi connectivity index (χ2v) is 11.3. The molecule has 0 unspecified atom stereocenters. The summed E-state index contributed by atoms with van der Waals surface area (Å²) in [6.45, 7) is 11.1. The van der Waals surface area contributed by atoms with E-state index in [1.165, 1.54) is 0 Å². The van der Waals surface area contributed by atoms with Crippen LogP contribution in [-0.2, 0) is 0 Å². The fraction of sp³-hybridized carbons (Fsp3) is 0.429. The van der Waals surface area contributed by atoms with Crippen molar-refractivity contribution >= 4 is 30.8 Å². The highest BCUT2D eigenvalue weighted by Gasteiger charge is 2.39. The lowest BCUT2D eigenvalue weighted by Gasteiger charge is -2.36. The van der Waals surface area contributed by atoms with Crippen molar-refractivity contribution < 1.29 is 4.43 Å². The molecule has 0 atom stereocenters. The molecular formula is C14H20ClNOSi. The lowest BCUT2D eigenvalue weighted by atomic mass is 10.2. The molecule has 0 aliphatic heterocycles. The second kappa shape index (κ2) is 4.32. The van der Waals surface area contributed by atoms with Gasteiger partial charge in [-0.25, -0.2) is 0 Å². The lowest BCUT2D eigenvalue weighted by molar-refractivity contribution is 0.496. The molecule has 0 aliphatic rings. The van der Waals surface area contributed by atoms with Gasteiger partial charge in [0.05, 0.1) is 10.5 Å². The molecule has 0 saturated carbocycles. The molecule has 1 aromatic heterocycles. The van der Waals surface area contributed by atoms with Crippen LogP contribution in [0.5, 0.6) is 5.75 Å².